The minimum atomic E-state index is -0.587. The lowest BCUT2D eigenvalue weighted by Crippen LogP contribution is -2.31. The van der Waals surface area contributed by atoms with E-state index in [9.17, 15) is 4.79 Å². The summed E-state index contributed by atoms with van der Waals surface area (Å²) >= 11 is 12.2. The molecule has 1 aromatic heterocycles. The summed E-state index contributed by atoms with van der Waals surface area (Å²) in [6.07, 6.45) is 1.44. The van der Waals surface area contributed by atoms with E-state index in [1.54, 1.807) is 49.2 Å². The molecule has 5 rings (SSSR count). The lowest BCUT2D eigenvalue weighted by Gasteiger charge is -2.29. The number of para-hydroxylation sites is 2. The van der Waals surface area contributed by atoms with Crippen molar-refractivity contribution in [3.63, 3.8) is 0 Å². The Morgan fingerprint density at radius 2 is 1.79 bits per heavy atom. The number of carbonyl (C=O) groups excluding carboxylic acids is 1. The molecule has 1 aliphatic rings. The van der Waals surface area contributed by atoms with Gasteiger partial charge in [0.25, 0.3) is 5.91 Å². The average Bonchev–Trinajstić information content (AvgIpc) is 3.41. The number of ether oxygens (including phenoxy) is 3. The van der Waals surface area contributed by atoms with Crippen LogP contribution in [0.2, 0.25) is 10.0 Å². The predicted molar refractivity (Wildman–Crippen MR) is 150 cm³/mol. The van der Waals surface area contributed by atoms with Gasteiger partial charge in [-0.15, -0.1) is 0 Å². The lowest BCUT2D eigenvalue weighted by molar-refractivity contribution is -0.113. The second-order valence-electron chi connectivity index (χ2n) is 8.70. The number of fused-ring (bicyclic) bond motifs is 1. The van der Waals surface area contributed by atoms with Gasteiger partial charge in [0.15, 0.2) is 11.5 Å². The minimum absolute atomic E-state index is 0.263. The third-order valence-electron chi connectivity index (χ3n) is 6.28. The predicted octanol–water partition coefficient (Wildman–Crippen LogP) is 6.11. The summed E-state index contributed by atoms with van der Waals surface area (Å²) in [5.74, 6) is 1.78. The van der Waals surface area contributed by atoms with Crippen molar-refractivity contribution in [1.82, 2.24) is 14.8 Å². The largest absolute Gasteiger partial charge is 0.495 e. The molecule has 4 aromatic rings. The van der Waals surface area contributed by atoms with Gasteiger partial charge in [0.1, 0.15) is 24.7 Å². The number of anilines is 2. The van der Waals surface area contributed by atoms with Crippen LogP contribution in [-0.2, 0) is 11.4 Å². The second-order valence-corrected chi connectivity index (χ2v) is 9.51. The average molecular weight is 566 g/mol. The van der Waals surface area contributed by atoms with Crippen molar-refractivity contribution >= 4 is 40.7 Å². The quantitative estimate of drug-likeness (QED) is 0.266. The van der Waals surface area contributed by atoms with Crippen LogP contribution in [0.5, 0.6) is 17.2 Å². The molecule has 0 spiro atoms. The maximum atomic E-state index is 13.7. The molecule has 39 heavy (non-hydrogen) atoms. The molecule has 0 unspecified atom stereocenters. The molecule has 2 heterocycles. The molecule has 1 atom stereocenters. The minimum Gasteiger partial charge on any atom is -0.495 e. The van der Waals surface area contributed by atoms with E-state index < -0.39 is 6.04 Å². The zero-order valence-corrected chi connectivity index (χ0v) is 22.9. The molecule has 2 N–H and O–H groups in total. The molecular formula is C28H25Cl2N5O4. The van der Waals surface area contributed by atoms with Crippen molar-refractivity contribution < 1.29 is 19.0 Å². The number of aromatic nitrogens is 3. The highest BCUT2D eigenvalue weighted by molar-refractivity contribution is 6.42. The van der Waals surface area contributed by atoms with Gasteiger partial charge in [0.2, 0.25) is 5.95 Å². The number of allylic oxidation sites excluding steroid dienone is 1. The Labute approximate surface area is 235 Å². The van der Waals surface area contributed by atoms with Gasteiger partial charge in [0, 0.05) is 5.70 Å². The molecule has 0 bridgehead atoms. The zero-order valence-electron chi connectivity index (χ0n) is 21.4. The topological polar surface area (TPSA) is 99.5 Å². The lowest BCUT2D eigenvalue weighted by atomic mass is 9.94. The second kappa shape index (κ2) is 11.3. The maximum absolute atomic E-state index is 13.7. The van der Waals surface area contributed by atoms with Crippen LogP contribution in [0.4, 0.5) is 11.6 Å². The molecule has 9 nitrogen and oxygen atoms in total. The summed E-state index contributed by atoms with van der Waals surface area (Å²) in [4.78, 5) is 18.0. The van der Waals surface area contributed by atoms with E-state index in [-0.39, 0.29) is 12.5 Å². The van der Waals surface area contributed by atoms with Crippen LogP contribution in [0.3, 0.4) is 0 Å². The molecule has 0 radical (unpaired) electrons. The highest BCUT2D eigenvalue weighted by atomic mass is 35.5. The van der Waals surface area contributed by atoms with Gasteiger partial charge in [0.05, 0.1) is 35.5 Å². The molecule has 11 heteroatoms. The van der Waals surface area contributed by atoms with Crippen LogP contribution in [0.15, 0.2) is 78.3 Å². The normalized spacial score (nSPS) is 14.3. The van der Waals surface area contributed by atoms with E-state index in [1.807, 2.05) is 37.3 Å². The van der Waals surface area contributed by atoms with Crippen molar-refractivity contribution in [2.24, 2.45) is 0 Å². The summed E-state index contributed by atoms with van der Waals surface area (Å²) in [5, 5.41) is 11.5. The van der Waals surface area contributed by atoms with Crippen LogP contribution in [0.1, 0.15) is 24.1 Å². The van der Waals surface area contributed by atoms with E-state index in [0.29, 0.717) is 50.2 Å². The van der Waals surface area contributed by atoms with E-state index in [2.05, 4.69) is 20.7 Å². The Morgan fingerprint density at radius 3 is 2.56 bits per heavy atom. The van der Waals surface area contributed by atoms with Crippen LogP contribution < -0.4 is 24.8 Å². The number of rotatable bonds is 8. The fraction of sp³-hybridized carbons (Fsp3) is 0.179. The number of hydrogen-bond donors (Lipinski definition) is 2. The molecule has 200 valence electrons. The van der Waals surface area contributed by atoms with Crippen molar-refractivity contribution in [3.05, 3.63) is 99.4 Å². The third kappa shape index (κ3) is 5.36. The molecule has 3 aromatic carbocycles. The van der Waals surface area contributed by atoms with E-state index in [1.165, 1.54) is 6.33 Å². The summed E-state index contributed by atoms with van der Waals surface area (Å²) in [5.41, 5.74) is 3.27. The van der Waals surface area contributed by atoms with Crippen LogP contribution in [0.25, 0.3) is 0 Å². The number of benzene rings is 3. The van der Waals surface area contributed by atoms with Crippen molar-refractivity contribution in [2.75, 3.05) is 24.9 Å². The number of nitrogens with zero attached hydrogens (tertiary/aromatic N) is 3. The first-order valence-electron chi connectivity index (χ1n) is 12.0. The Morgan fingerprint density at radius 1 is 1.00 bits per heavy atom. The van der Waals surface area contributed by atoms with E-state index in [4.69, 9.17) is 37.4 Å². The van der Waals surface area contributed by atoms with Crippen LogP contribution >= 0.6 is 23.2 Å². The van der Waals surface area contributed by atoms with Gasteiger partial charge < -0.3 is 24.8 Å². The number of carbonyl (C=O) groups is 1. The van der Waals surface area contributed by atoms with E-state index >= 15 is 0 Å². The summed E-state index contributed by atoms with van der Waals surface area (Å²) in [6, 6.07) is 17.5. The van der Waals surface area contributed by atoms with Gasteiger partial charge in [-0.25, -0.2) is 4.68 Å². The molecular weight excluding hydrogens is 541 g/mol. The summed E-state index contributed by atoms with van der Waals surface area (Å²) in [7, 11) is 3.12. The fourth-order valence-corrected chi connectivity index (χ4v) is 4.72. The SMILES string of the molecule is COc1ccccc1NC(=O)C1=C(C)Nc2ncnn2[C@@H]1c1ccc(OCc2ccc(Cl)c(Cl)c2)c(OC)c1. The zero-order chi connectivity index (χ0) is 27.5. The number of halogens is 2. The Bertz CT molecular complexity index is 1570. The third-order valence-corrected chi connectivity index (χ3v) is 7.01. The van der Waals surface area contributed by atoms with Gasteiger partial charge in [-0.3, -0.25) is 4.79 Å². The molecule has 0 saturated carbocycles. The van der Waals surface area contributed by atoms with Gasteiger partial charge in [-0.05, 0) is 54.4 Å². The number of methoxy groups -OCH3 is 2. The number of hydrogen-bond acceptors (Lipinski definition) is 7. The highest BCUT2D eigenvalue weighted by Gasteiger charge is 2.34. The first-order chi connectivity index (χ1) is 18.9. The smallest absolute Gasteiger partial charge is 0.255 e. The fourth-order valence-electron chi connectivity index (χ4n) is 4.39. The summed E-state index contributed by atoms with van der Waals surface area (Å²) < 4.78 is 18.8. The molecule has 0 aliphatic carbocycles. The van der Waals surface area contributed by atoms with Gasteiger partial charge in [-0.2, -0.15) is 10.1 Å². The van der Waals surface area contributed by atoms with Gasteiger partial charge in [-0.1, -0.05) is 47.5 Å². The Hall–Kier alpha value is -4.21. The van der Waals surface area contributed by atoms with Gasteiger partial charge >= 0.3 is 0 Å². The summed E-state index contributed by atoms with van der Waals surface area (Å²) in [6.45, 7) is 2.09. The van der Waals surface area contributed by atoms with Crippen LogP contribution in [-0.4, -0.2) is 34.9 Å². The Kier molecular flexibility index (Phi) is 7.63. The first-order valence-corrected chi connectivity index (χ1v) is 12.7. The number of nitrogens with one attached hydrogen (secondary N) is 2. The van der Waals surface area contributed by atoms with E-state index in [0.717, 1.165) is 11.1 Å². The van der Waals surface area contributed by atoms with Crippen LogP contribution in [0, 0.1) is 0 Å². The molecule has 0 saturated heterocycles. The highest BCUT2D eigenvalue weighted by Crippen LogP contribution is 2.39. The maximum Gasteiger partial charge on any atom is 0.255 e. The van der Waals surface area contributed by atoms with Crippen molar-refractivity contribution in [2.45, 2.75) is 19.6 Å². The first kappa shape index (κ1) is 26.4. The molecule has 1 aliphatic heterocycles. The number of amides is 1. The monoisotopic (exact) mass is 565 g/mol. The molecule has 1 amide bonds. The van der Waals surface area contributed by atoms with Crippen molar-refractivity contribution in [3.8, 4) is 17.2 Å². The standard InChI is InChI=1S/C28H25Cl2N5O4/c1-16-25(27(36)34-21-6-4-5-7-22(21)37-2)26(35-28(33-16)31-15-32-35)18-9-11-23(24(13-18)38-3)39-14-17-8-10-19(29)20(30)12-17/h4-13,15,26H,14H2,1-3H3,(H,34,36)(H,31,32,33)/t26-/m1/s1. The Balaban J connectivity index is 1.47. The molecule has 0 fully saturated rings. The van der Waals surface area contributed by atoms with Crippen molar-refractivity contribution in [1.29, 1.82) is 0 Å².